The first-order chi connectivity index (χ1) is 9.78. The quantitative estimate of drug-likeness (QED) is 0.895. The second-order valence-electron chi connectivity index (χ2n) is 6.31. The molecule has 1 heterocycles. The van der Waals surface area contributed by atoms with Crippen molar-refractivity contribution in [3.63, 3.8) is 0 Å². The molecule has 114 valence electrons. The largest absolute Gasteiger partial charge is 0.339 e. The van der Waals surface area contributed by atoms with Gasteiger partial charge >= 0.3 is 0 Å². The van der Waals surface area contributed by atoms with Gasteiger partial charge in [0.2, 0.25) is 11.7 Å². The Hall–Kier alpha value is -1.27. The summed E-state index contributed by atoms with van der Waals surface area (Å²) in [6.45, 7) is 6.84. The zero-order valence-electron chi connectivity index (χ0n) is 12.4. The number of nitrogens with zero attached hydrogens (tertiary/aromatic N) is 2. The highest BCUT2D eigenvalue weighted by Crippen LogP contribution is 2.31. The average Bonchev–Trinajstić information content (AvgIpc) is 2.83. The average molecular weight is 356 g/mol. The lowest BCUT2D eigenvalue weighted by molar-refractivity contribution is 0.287. The molecule has 0 aliphatic carbocycles. The number of aromatic nitrogens is 2. The normalized spacial score (nSPS) is 13.4. The Labute approximate surface area is 132 Å². The summed E-state index contributed by atoms with van der Waals surface area (Å²) in [7, 11) is 0. The SMILES string of the molecule is CC(C)(C)CC(CN)c1nc(-c2cc(F)cc(Br)c2)no1. The van der Waals surface area contributed by atoms with E-state index in [2.05, 4.69) is 46.8 Å². The van der Waals surface area contributed by atoms with Crippen LogP contribution in [0, 0.1) is 11.2 Å². The minimum atomic E-state index is -0.351. The van der Waals surface area contributed by atoms with E-state index < -0.39 is 0 Å². The summed E-state index contributed by atoms with van der Waals surface area (Å²) in [5.74, 6) is 0.527. The molecule has 1 unspecified atom stereocenters. The molecule has 21 heavy (non-hydrogen) atoms. The molecule has 1 aromatic heterocycles. The maximum Gasteiger partial charge on any atom is 0.231 e. The van der Waals surface area contributed by atoms with Crippen LogP contribution in [0.15, 0.2) is 27.2 Å². The lowest BCUT2D eigenvalue weighted by Gasteiger charge is -2.22. The van der Waals surface area contributed by atoms with Crippen molar-refractivity contribution < 1.29 is 8.91 Å². The number of halogens is 2. The molecule has 4 nitrogen and oxygen atoms in total. The maximum atomic E-state index is 13.4. The van der Waals surface area contributed by atoms with Gasteiger partial charge in [0.1, 0.15) is 5.82 Å². The van der Waals surface area contributed by atoms with E-state index >= 15 is 0 Å². The molecule has 0 amide bonds. The molecular weight excluding hydrogens is 337 g/mol. The Morgan fingerprint density at radius 1 is 1.33 bits per heavy atom. The van der Waals surface area contributed by atoms with Crippen LogP contribution in [0.25, 0.3) is 11.4 Å². The molecule has 6 heteroatoms. The highest BCUT2D eigenvalue weighted by Gasteiger charge is 2.24. The van der Waals surface area contributed by atoms with Crippen molar-refractivity contribution in [1.82, 2.24) is 10.1 Å². The van der Waals surface area contributed by atoms with Crippen molar-refractivity contribution >= 4 is 15.9 Å². The monoisotopic (exact) mass is 355 g/mol. The molecule has 2 aromatic rings. The number of benzene rings is 1. The second-order valence-corrected chi connectivity index (χ2v) is 7.23. The zero-order valence-corrected chi connectivity index (χ0v) is 13.9. The van der Waals surface area contributed by atoms with Gasteiger partial charge in [-0.05, 0) is 30.0 Å². The smallest absolute Gasteiger partial charge is 0.231 e. The number of nitrogens with two attached hydrogens (primary N) is 1. The standard InChI is InChI=1S/C15H19BrFN3O/c1-15(2,3)7-10(8-18)14-19-13(20-21-14)9-4-11(16)6-12(17)5-9/h4-6,10H,7-8,18H2,1-3H3. The van der Waals surface area contributed by atoms with Crippen molar-refractivity contribution in [1.29, 1.82) is 0 Å². The summed E-state index contributed by atoms with van der Waals surface area (Å²) >= 11 is 3.25. The van der Waals surface area contributed by atoms with Crippen LogP contribution in [0.2, 0.25) is 0 Å². The van der Waals surface area contributed by atoms with Gasteiger partial charge in [0.15, 0.2) is 0 Å². The van der Waals surface area contributed by atoms with Gasteiger partial charge in [-0.1, -0.05) is 41.9 Å². The van der Waals surface area contributed by atoms with Gasteiger partial charge < -0.3 is 10.3 Å². The number of hydrogen-bond donors (Lipinski definition) is 1. The third-order valence-corrected chi connectivity index (χ3v) is 3.51. The van der Waals surface area contributed by atoms with Crippen molar-refractivity contribution in [2.24, 2.45) is 11.1 Å². The molecule has 2 N–H and O–H groups in total. The molecule has 1 aromatic carbocycles. The van der Waals surface area contributed by atoms with E-state index in [9.17, 15) is 4.39 Å². The molecule has 0 spiro atoms. The van der Waals surface area contributed by atoms with Crippen molar-refractivity contribution in [2.45, 2.75) is 33.1 Å². The van der Waals surface area contributed by atoms with Gasteiger partial charge in [0.25, 0.3) is 0 Å². The van der Waals surface area contributed by atoms with E-state index in [0.717, 1.165) is 6.42 Å². The fraction of sp³-hybridized carbons (Fsp3) is 0.467. The molecule has 0 aliphatic rings. The third-order valence-electron chi connectivity index (χ3n) is 3.06. The first kappa shape index (κ1) is 16.1. The van der Waals surface area contributed by atoms with Gasteiger partial charge in [-0.2, -0.15) is 4.98 Å². The van der Waals surface area contributed by atoms with Crippen molar-refractivity contribution in [3.8, 4) is 11.4 Å². The van der Waals surface area contributed by atoms with E-state index in [0.29, 0.717) is 28.3 Å². The van der Waals surface area contributed by atoms with Crippen LogP contribution in [0.3, 0.4) is 0 Å². The lowest BCUT2D eigenvalue weighted by Crippen LogP contribution is -2.19. The summed E-state index contributed by atoms with van der Waals surface area (Å²) in [6, 6.07) is 4.51. The van der Waals surface area contributed by atoms with Gasteiger partial charge in [-0.3, -0.25) is 0 Å². The van der Waals surface area contributed by atoms with Crippen molar-refractivity contribution in [2.75, 3.05) is 6.54 Å². The molecule has 2 rings (SSSR count). The van der Waals surface area contributed by atoms with Crippen LogP contribution in [0.4, 0.5) is 4.39 Å². The van der Waals surface area contributed by atoms with Crippen LogP contribution < -0.4 is 5.73 Å². The Balaban J connectivity index is 2.28. The predicted molar refractivity (Wildman–Crippen MR) is 83.3 cm³/mol. The number of rotatable bonds is 4. The maximum absolute atomic E-state index is 13.4. The zero-order chi connectivity index (χ0) is 15.6. The molecule has 0 bridgehead atoms. The molecule has 0 saturated heterocycles. The van der Waals surface area contributed by atoms with Crippen LogP contribution in [0.5, 0.6) is 0 Å². The Morgan fingerprint density at radius 3 is 2.62 bits per heavy atom. The first-order valence-electron chi connectivity index (χ1n) is 6.78. The Kier molecular flexibility index (Phi) is 4.78. The van der Waals surface area contributed by atoms with E-state index in [1.807, 2.05) is 0 Å². The van der Waals surface area contributed by atoms with Crippen LogP contribution in [-0.2, 0) is 0 Å². The number of hydrogen-bond acceptors (Lipinski definition) is 4. The molecule has 0 aliphatic heterocycles. The van der Waals surface area contributed by atoms with Gasteiger partial charge in [-0.25, -0.2) is 4.39 Å². The Morgan fingerprint density at radius 2 is 2.05 bits per heavy atom. The topological polar surface area (TPSA) is 64.9 Å². The summed E-state index contributed by atoms with van der Waals surface area (Å²) in [4.78, 5) is 4.37. The highest BCUT2D eigenvalue weighted by molar-refractivity contribution is 9.10. The van der Waals surface area contributed by atoms with Crippen LogP contribution in [0.1, 0.15) is 39.0 Å². The highest BCUT2D eigenvalue weighted by atomic mass is 79.9. The third kappa shape index (κ3) is 4.35. The predicted octanol–water partition coefficient (Wildman–Crippen LogP) is 4.12. The van der Waals surface area contributed by atoms with Crippen LogP contribution in [-0.4, -0.2) is 16.7 Å². The van der Waals surface area contributed by atoms with Gasteiger partial charge in [-0.15, -0.1) is 0 Å². The fourth-order valence-electron chi connectivity index (χ4n) is 2.21. The van der Waals surface area contributed by atoms with Gasteiger partial charge in [0, 0.05) is 16.6 Å². The molecule has 0 fully saturated rings. The van der Waals surface area contributed by atoms with E-state index in [-0.39, 0.29) is 17.2 Å². The lowest BCUT2D eigenvalue weighted by atomic mass is 9.84. The molecular formula is C15H19BrFN3O. The molecule has 0 saturated carbocycles. The minimum absolute atomic E-state index is 0.00301. The van der Waals surface area contributed by atoms with E-state index in [1.54, 1.807) is 6.07 Å². The Bertz CT molecular complexity index is 601. The fourth-order valence-corrected chi connectivity index (χ4v) is 2.68. The van der Waals surface area contributed by atoms with E-state index in [1.165, 1.54) is 12.1 Å². The molecule has 0 radical (unpaired) electrons. The summed E-state index contributed by atoms with van der Waals surface area (Å²) in [6.07, 6.45) is 0.845. The summed E-state index contributed by atoms with van der Waals surface area (Å²) in [5.41, 5.74) is 6.50. The first-order valence-corrected chi connectivity index (χ1v) is 7.58. The van der Waals surface area contributed by atoms with Gasteiger partial charge in [0.05, 0.1) is 5.92 Å². The summed E-state index contributed by atoms with van der Waals surface area (Å²) < 4.78 is 19.4. The van der Waals surface area contributed by atoms with E-state index in [4.69, 9.17) is 10.3 Å². The molecule has 1 atom stereocenters. The minimum Gasteiger partial charge on any atom is -0.339 e. The second kappa shape index (κ2) is 6.23. The van der Waals surface area contributed by atoms with Crippen molar-refractivity contribution in [3.05, 3.63) is 34.4 Å². The van der Waals surface area contributed by atoms with Crippen LogP contribution >= 0.6 is 15.9 Å². The summed E-state index contributed by atoms with van der Waals surface area (Å²) in [5, 5.41) is 3.94.